The van der Waals surface area contributed by atoms with E-state index in [9.17, 15) is 4.79 Å². The molecule has 106 valence electrons. The van der Waals surface area contributed by atoms with Crippen molar-refractivity contribution in [2.75, 3.05) is 12.3 Å². The van der Waals surface area contributed by atoms with E-state index in [0.717, 1.165) is 12.0 Å². The summed E-state index contributed by atoms with van der Waals surface area (Å²) >= 11 is 1.23. The Bertz CT molecular complexity index is 578. The predicted molar refractivity (Wildman–Crippen MR) is 83.8 cm³/mol. The van der Waals surface area contributed by atoms with Crippen LogP contribution in [0.15, 0.2) is 30.3 Å². The lowest BCUT2D eigenvalue weighted by atomic mass is 10.1. The minimum atomic E-state index is -0.0984. The topological polar surface area (TPSA) is 68.0 Å². The fraction of sp³-hybridized carbons (Fsp3) is 0.333. The number of nitrogens with two attached hydrogens (primary N) is 1. The van der Waals surface area contributed by atoms with Crippen LogP contribution in [-0.4, -0.2) is 17.4 Å². The Kier molecular flexibility index (Phi) is 4.74. The Morgan fingerprint density at radius 2 is 2.05 bits per heavy atom. The van der Waals surface area contributed by atoms with E-state index < -0.39 is 0 Å². The molecule has 1 amide bonds. The second kappa shape index (κ2) is 6.52. The molecule has 0 aliphatic rings. The number of rotatable bonds is 5. The van der Waals surface area contributed by atoms with Crippen LogP contribution in [0.25, 0.3) is 11.3 Å². The molecule has 0 spiro atoms. The molecule has 0 aliphatic carbocycles. The fourth-order valence-corrected chi connectivity index (χ4v) is 2.61. The molecule has 2 rings (SSSR count). The summed E-state index contributed by atoms with van der Waals surface area (Å²) in [5, 5.41) is 3.34. The summed E-state index contributed by atoms with van der Waals surface area (Å²) in [7, 11) is 0. The standard InChI is InChI=1S/C15H19N3OS/c1-10(2)8-9-17-14(19)13-12(18-15(16)20-13)11-6-4-3-5-7-11/h3-7,10H,8-9H2,1-2H3,(H2,16,18)(H,17,19). The van der Waals surface area contributed by atoms with Crippen molar-refractivity contribution < 1.29 is 4.79 Å². The highest BCUT2D eigenvalue weighted by atomic mass is 32.1. The lowest BCUT2D eigenvalue weighted by Gasteiger charge is -2.07. The zero-order valence-corrected chi connectivity index (χ0v) is 12.5. The molecule has 1 heterocycles. The first kappa shape index (κ1) is 14.5. The van der Waals surface area contributed by atoms with Crippen molar-refractivity contribution >= 4 is 22.4 Å². The Balaban J connectivity index is 2.18. The van der Waals surface area contributed by atoms with Gasteiger partial charge < -0.3 is 11.1 Å². The fourth-order valence-electron chi connectivity index (χ4n) is 1.84. The number of anilines is 1. The SMILES string of the molecule is CC(C)CCNC(=O)c1sc(N)nc1-c1ccccc1. The van der Waals surface area contributed by atoms with Crippen LogP contribution in [0.3, 0.4) is 0 Å². The van der Waals surface area contributed by atoms with Crippen LogP contribution in [0.2, 0.25) is 0 Å². The van der Waals surface area contributed by atoms with E-state index in [-0.39, 0.29) is 5.91 Å². The number of amides is 1. The summed E-state index contributed by atoms with van der Waals surface area (Å²) in [6.45, 7) is 4.93. The van der Waals surface area contributed by atoms with Gasteiger partial charge in [0.1, 0.15) is 4.88 Å². The van der Waals surface area contributed by atoms with Gasteiger partial charge in [0, 0.05) is 12.1 Å². The number of hydrogen-bond acceptors (Lipinski definition) is 4. The van der Waals surface area contributed by atoms with Crippen LogP contribution in [0, 0.1) is 5.92 Å². The molecule has 0 unspecified atom stereocenters. The molecule has 20 heavy (non-hydrogen) atoms. The average molecular weight is 289 g/mol. The first-order valence-corrected chi connectivity index (χ1v) is 7.49. The number of nitrogens with one attached hydrogen (secondary N) is 1. The summed E-state index contributed by atoms with van der Waals surface area (Å²) in [6, 6.07) is 9.64. The molecular formula is C15H19N3OS. The Labute approximate surface area is 123 Å². The average Bonchev–Trinajstić information content (AvgIpc) is 2.81. The van der Waals surface area contributed by atoms with Crippen molar-refractivity contribution in [1.29, 1.82) is 0 Å². The van der Waals surface area contributed by atoms with Crippen LogP contribution in [0.5, 0.6) is 0 Å². The van der Waals surface area contributed by atoms with Gasteiger partial charge in [0.15, 0.2) is 5.13 Å². The Morgan fingerprint density at radius 1 is 1.35 bits per heavy atom. The van der Waals surface area contributed by atoms with Crippen LogP contribution < -0.4 is 11.1 Å². The minimum Gasteiger partial charge on any atom is -0.375 e. The molecule has 0 aliphatic heterocycles. The number of carbonyl (C=O) groups is 1. The third-order valence-corrected chi connectivity index (χ3v) is 3.79. The molecule has 1 aromatic heterocycles. The van der Waals surface area contributed by atoms with Gasteiger partial charge in [-0.15, -0.1) is 0 Å². The monoisotopic (exact) mass is 289 g/mol. The second-order valence-corrected chi connectivity index (χ2v) is 6.06. The molecule has 0 radical (unpaired) electrons. The summed E-state index contributed by atoms with van der Waals surface area (Å²) in [6.07, 6.45) is 0.959. The summed E-state index contributed by atoms with van der Waals surface area (Å²) < 4.78 is 0. The van der Waals surface area contributed by atoms with E-state index in [1.165, 1.54) is 11.3 Å². The van der Waals surface area contributed by atoms with E-state index in [4.69, 9.17) is 5.73 Å². The zero-order chi connectivity index (χ0) is 14.5. The third-order valence-electron chi connectivity index (χ3n) is 2.90. The molecule has 1 aromatic carbocycles. The molecule has 2 aromatic rings. The first-order valence-electron chi connectivity index (χ1n) is 6.68. The zero-order valence-electron chi connectivity index (χ0n) is 11.7. The van der Waals surface area contributed by atoms with E-state index in [1.807, 2.05) is 30.3 Å². The van der Waals surface area contributed by atoms with Crippen molar-refractivity contribution in [3.63, 3.8) is 0 Å². The Morgan fingerprint density at radius 3 is 2.70 bits per heavy atom. The van der Waals surface area contributed by atoms with E-state index in [2.05, 4.69) is 24.1 Å². The lowest BCUT2D eigenvalue weighted by Crippen LogP contribution is -2.25. The molecule has 4 nitrogen and oxygen atoms in total. The quantitative estimate of drug-likeness (QED) is 0.888. The van der Waals surface area contributed by atoms with Gasteiger partial charge in [0.05, 0.1) is 5.69 Å². The van der Waals surface area contributed by atoms with Crippen molar-refractivity contribution in [3.05, 3.63) is 35.2 Å². The molecule has 0 fully saturated rings. The molecule has 0 atom stereocenters. The van der Waals surface area contributed by atoms with Gasteiger partial charge in [-0.2, -0.15) is 0 Å². The van der Waals surface area contributed by atoms with Gasteiger partial charge in [-0.1, -0.05) is 55.5 Å². The van der Waals surface area contributed by atoms with Gasteiger partial charge in [0.25, 0.3) is 5.91 Å². The highest BCUT2D eigenvalue weighted by Crippen LogP contribution is 2.29. The lowest BCUT2D eigenvalue weighted by molar-refractivity contribution is 0.0956. The van der Waals surface area contributed by atoms with E-state index >= 15 is 0 Å². The van der Waals surface area contributed by atoms with Crippen LogP contribution >= 0.6 is 11.3 Å². The maximum atomic E-state index is 12.2. The molecule has 0 bridgehead atoms. The molecule has 5 heteroatoms. The molecular weight excluding hydrogens is 270 g/mol. The normalized spacial score (nSPS) is 10.8. The molecule has 0 saturated carbocycles. The van der Waals surface area contributed by atoms with Crippen molar-refractivity contribution in [2.45, 2.75) is 20.3 Å². The van der Waals surface area contributed by atoms with Crippen molar-refractivity contribution in [3.8, 4) is 11.3 Å². The van der Waals surface area contributed by atoms with Gasteiger partial charge in [-0.25, -0.2) is 4.98 Å². The number of benzene rings is 1. The number of thiazole rings is 1. The number of nitrogens with zero attached hydrogens (tertiary/aromatic N) is 1. The number of hydrogen-bond donors (Lipinski definition) is 2. The van der Waals surface area contributed by atoms with Gasteiger partial charge in [-0.05, 0) is 12.3 Å². The summed E-state index contributed by atoms with van der Waals surface area (Å²) in [4.78, 5) is 17.1. The van der Waals surface area contributed by atoms with Crippen LogP contribution in [0.4, 0.5) is 5.13 Å². The largest absolute Gasteiger partial charge is 0.375 e. The summed E-state index contributed by atoms with van der Waals surface area (Å²) in [5.41, 5.74) is 7.33. The van der Waals surface area contributed by atoms with Crippen LogP contribution in [-0.2, 0) is 0 Å². The highest BCUT2D eigenvalue weighted by Gasteiger charge is 2.18. The maximum absolute atomic E-state index is 12.2. The van der Waals surface area contributed by atoms with Crippen molar-refractivity contribution in [2.24, 2.45) is 5.92 Å². The van der Waals surface area contributed by atoms with E-state index in [0.29, 0.717) is 28.2 Å². The number of carbonyl (C=O) groups excluding carboxylic acids is 1. The minimum absolute atomic E-state index is 0.0984. The van der Waals surface area contributed by atoms with Gasteiger partial charge >= 0.3 is 0 Å². The molecule has 0 saturated heterocycles. The third kappa shape index (κ3) is 3.57. The van der Waals surface area contributed by atoms with Crippen molar-refractivity contribution in [1.82, 2.24) is 10.3 Å². The van der Waals surface area contributed by atoms with E-state index in [1.54, 1.807) is 0 Å². The number of nitrogen functional groups attached to an aromatic ring is 1. The molecule has 3 N–H and O–H groups in total. The van der Waals surface area contributed by atoms with Crippen LogP contribution in [0.1, 0.15) is 29.9 Å². The first-order chi connectivity index (χ1) is 9.58. The Hall–Kier alpha value is -1.88. The highest BCUT2D eigenvalue weighted by molar-refractivity contribution is 7.17. The predicted octanol–water partition coefficient (Wildman–Crippen LogP) is 3.17. The second-order valence-electron chi connectivity index (χ2n) is 5.03. The maximum Gasteiger partial charge on any atom is 0.263 e. The summed E-state index contributed by atoms with van der Waals surface area (Å²) in [5.74, 6) is 0.467. The smallest absolute Gasteiger partial charge is 0.263 e. The number of aromatic nitrogens is 1. The van der Waals surface area contributed by atoms with Gasteiger partial charge in [-0.3, -0.25) is 4.79 Å². The van der Waals surface area contributed by atoms with Gasteiger partial charge in [0.2, 0.25) is 0 Å².